The number of rotatable bonds is 5. The minimum absolute atomic E-state index is 0.160. The first-order chi connectivity index (χ1) is 7.72. The van der Waals surface area contributed by atoms with Gasteiger partial charge in [0.2, 0.25) is 0 Å². The molecule has 0 bridgehead atoms. The minimum atomic E-state index is -0.342. The van der Waals surface area contributed by atoms with Gasteiger partial charge in [-0.25, -0.2) is 4.79 Å². The van der Waals surface area contributed by atoms with Crippen LogP contribution >= 0.6 is 0 Å². The van der Waals surface area contributed by atoms with Crippen molar-refractivity contribution in [3.8, 4) is 0 Å². The molecule has 0 aliphatic rings. The second kappa shape index (κ2) is 6.80. The molecular weight excluding hydrogens is 202 g/mol. The van der Waals surface area contributed by atoms with Crippen LogP contribution in [0.15, 0.2) is 42.5 Å². The van der Waals surface area contributed by atoms with Crippen molar-refractivity contribution in [3.05, 3.63) is 48.0 Å². The summed E-state index contributed by atoms with van der Waals surface area (Å²) in [6, 6.07) is 9.76. The van der Waals surface area contributed by atoms with Gasteiger partial charge in [0.1, 0.15) is 0 Å². The van der Waals surface area contributed by atoms with Crippen molar-refractivity contribution in [2.24, 2.45) is 5.73 Å². The molecule has 0 amide bonds. The Morgan fingerprint density at radius 3 is 2.75 bits per heavy atom. The van der Waals surface area contributed by atoms with E-state index in [9.17, 15) is 4.79 Å². The molecule has 0 radical (unpaired) electrons. The monoisotopic (exact) mass is 219 g/mol. The van der Waals surface area contributed by atoms with E-state index >= 15 is 0 Å². The predicted molar refractivity (Wildman–Crippen MR) is 63.9 cm³/mol. The molecule has 16 heavy (non-hydrogen) atoms. The van der Waals surface area contributed by atoms with Gasteiger partial charge in [-0.2, -0.15) is 0 Å². The second-order valence-corrected chi connectivity index (χ2v) is 3.46. The lowest BCUT2D eigenvalue weighted by atomic mass is 10.1. The number of nitrogens with two attached hydrogens (primary N) is 1. The molecular formula is C13H17NO2. The van der Waals surface area contributed by atoms with Crippen molar-refractivity contribution < 1.29 is 9.53 Å². The summed E-state index contributed by atoms with van der Waals surface area (Å²) in [6.45, 7) is 2.16. The number of ether oxygens (including phenoxy) is 1. The summed E-state index contributed by atoms with van der Waals surface area (Å²) < 4.78 is 4.76. The Morgan fingerprint density at radius 1 is 1.44 bits per heavy atom. The third kappa shape index (κ3) is 4.75. The number of hydrogen-bond acceptors (Lipinski definition) is 3. The molecule has 2 N–H and O–H groups in total. The van der Waals surface area contributed by atoms with Crippen LogP contribution in [-0.4, -0.2) is 18.6 Å². The van der Waals surface area contributed by atoms with Crippen LogP contribution in [-0.2, 0) is 16.0 Å². The number of carbonyl (C=O) groups excluding carboxylic acids is 1. The number of benzene rings is 1. The Bertz CT molecular complexity index is 346. The lowest BCUT2D eigenvalue weighted by Gasteiger charge is -2.06. The summed E-state index contributed by atoms with van der Waals surface area (Å²) >= 11 is 0. The first kappa shape index (κ1) is 12.5. The maximum absolute atomic E-state index is 11.0. The third-order valence-corrected chi connectivity index (χ3v) is 2.08. The van der Waals surface area contributed by atoms with Crippen LogP contribution in [0.5, 0.6) is 0 Å². The average Bonchev–Trinajstić information content (AvgIpc) is 2.28. The van der Waals surface area contributed by atoms with Crippen LogP contribution in [0.1, 0.15) is 12.5 Å². The molecule has 1 atom stereocenters. The average molecular weight is 219 g/mol. The molecule has 1 aromatic carbocycles. The van der Waals surface area contributed by atoms with Crippen LogP contribution in [0.4, 0.5) is 0 Å². The van der Waals surface area contributed by atoms with Gasteiger partial charge >= 0.3 is 5.97 Å². The predicted octanol–water partition coefficient (Wildman–Crippen LogP) is 1.68. The van der Waals surface area contributed by atoms with E-state index in [1.807, 2.05) is 30.3 Å². The zero-order chi connectivity index (χ0) is 11.8. The van der Waals surface area contributed by atoms with Crippen molar-refractivity contribution >= 4 is 5.97 Å². The molecule has 0 saturated carbocycles. The molecule has 0 heterocycles. The molecule has 0 aromatic heterocycles. The van der Waals surface area contributed by atoms with Crippen molar-refractivity contribution in [1.29, 1.82) is 0 Å². The van der Waals surface area contributed by atoms with Crippen molar-refractivity contribution in [3.63, 3.8) is 0 Å². The summed E-state index contributed by atoms with van der Waals surface area (Å²) in [7, 11) is 0. The standard InChI is InChI=1S/C13H17NO2/c1-2-16-13(15)9-8-12(14)10-11-6-4-3-5-7-11/h3-9,12H,2,10,14H2,1H3/b9-8+. The van der Waals surface area contributed by atoms with Gasteiger partial charge in [0.05, 0.1) is 6.61 Å². The zero-order valence-corrected chi connectivity index (χ0v) is 9.43. The summed E-state index contributed by atoms with van der Waals surface area (Å²) in [6.07, 6.45) is 3.78. The fourth-order valence-corrected chi connectivity index (χ4v) is 1.35. The van der Waals surface area contributed by atoms with E-state index in [-0.39, 0.29) is 12.0 Å². The molecule has 1 unspecified atom stereocenters. The molecule has 1 aromatic rings. The van der Waals surface area contributed by atoms with Gasteiger partial charge in [-0.1, -0.05) is 36.4 Å². The summed E-state index contributed by atoms with van der Waals surface area (Å²) in [5.74, 6) is -0.342. The van der Waals surface area contributed by atoms with Crippen molar-refractivity contribution in [2.75, 3.05) is 6.61 Å². The van der Waals surface area contributed by atoms with Gasteiger partial charge in [0, 0.05) is 12.1 Å². The van der Waals surface area contributed by atoms with Crippen LogP contribution in [0.25, 0.3) is 0 Å². The molecule has 3 nitrogen and oxygen atoms in total. The van der Waals surface area contributed by atoms with Gasteiger partial charge in [0.25, 0.3) is 0 Å². The van der Waals surface area contributed by atoms with Crippen LogP contribution in [0.3, 0.4) is 0 Å². The fraction of sp³-hybridized carbons (Fsp3) is 0.308. The summed E-state index contributed by atoms with van der Waals surface area (Å²) in [4.78, 5) is 11.0. The van der Waals surface area contributed by atoms with E-state index in [1.54, 1.807) is 13.0 Å². The molecule has 1 rings (SSSR count). The van der Waals surface area contributed by atoms with Crippen molar-refractivity contribution in [2.45, 2.75) is 19.4 Å². The first-order valence-corrected chi connectivity index (χ1v) is 5.37. The van der Waals surface area contributed by atoms with Gasteiger partial charge in [-0.15, -0.1) is 0 Å². The molecule has 0 aliphatic heterocycles. The van der Waals surface area contributed by atoms with E-state index in [4.69, 9.17) is 10.5 Å². The summed E-state index contributed by atoms with van der Waals surface area (Å²) in [5, 5.41) is 0. The molecule has 0 spiro atoms. The Kier molecular flexibility index (Phi) is 5.29. The fourth-order valence-electron chi connectivity index (χ4n) is 1.35. The van der Waals surface area contributed by atoms with Gasteiger partial charge in [-0.05, 0) is 18.9 Å². The maximum Gasteiger partial charge on any atom is 0.330 e. The molecule has 0 aliphatic carbocycles. The minimum Gasteiger partial charge on any atom is -0.463 e. The highest BCUT2D eigenvalue weighted by Crippen LogP contribution is 2.02. The van der Waals surface area contributed by atoms with Crippen LogP contribution in [0, 0.1) is 0 Å². The SMILES string of the molecule is CCOC(=O)/C=C/C(N)Cc1ccccc1. The van der Waals surface area contributed by atoms with Crippen LogP contribution in [0.2, 0.25) is 0 Å². The van der Waals surface area contributed by atoms with E-state index < -0.39 is 0 Å². The smallest absolute Gasteiger partial charge is 0.330 e. The Morgan fingerprint density at radius 2 is 2.12 bits per heavy atom. The third-order valence-electron chi connectivity index (χ3n) is 2.08. The second-order valence-electron chi connectivity index (χ2n) is 3.46. The molecule has 0 saturated heterocycles. The van der Waals surface area contributed by atoms with Gasteiger partial charge < -0.3 is 10.5 Å². The van der Waals surface area contributed by atoms with Gasteiger partial charge in [-0.3, -0.25) is 0 Å². The quantitative estimate of drug-likeness (QED) is 0.605. The lowest BCUT2D eigenvalue weighted by Crippen LogP contribution is -2.20. The van der Waals surface area contributed by atoms with E-state index in [2.05, 4.69) is 0 Å². The highest BCUT2D eigenvalue weighted by molar-refractivity contribution is 5.81. The zero-order valence-electron chi connectivity index (χ0n) is 9.43. The lowest BCUT2D eigenvalue weighted by molar-refractivity contribution is -0.137. The van der Waals surface area contributed by atoms with E-state index in [0.717, 1.165) is 12.0 Å². The van der Waals surface area contributed by atoms with Crippen molar-refractivity contribution in [1.82, 2.24) is 0 Å². The number of hydrogen-bond donors (Lipinski definition) is 1. The first-order valence-electron chi connectivity index (χ1n) is 5.37. The summed E-state index contributed by atoms with van der Waals surface area (Å²) in [5.41, 5.74) is 7.01. The van der Waals surface area contributed by atoms with E-state index in [0.29, 0.717) is 6.61 Å². The van der Waals surface area contributed by atoms with Gasteiger partial charge in [0.15, 0.2) is 0 Å². The highest BCUT2D eigenvalue weighted by Gasteiger charge is 2.01. The Balaban J connectivity index is 2.41. The number of carbonyl (C=O) groups is 1. The number of esters is 1. The normalized spacial score (nSPS) is 12.6. The maximum atomic E-state index is 11.0. The largest absolute Gasteiger partial charge is 0.463 e. The molecule has 0 fully saturated rings. The van der Waals surface area contributed by atoms with Crippen LogP contribution < -0.4 is 5.73 Å². The Labute approximate surface area is 95.9 Å². The molecule has 86 valence electrons. The van der Waals surface area contributed by atoms with E-state index in [1.165, 1.54) is 6.08 Å². The topological polar surface area (TPSA) is 52.3 Å². The Hall–Kier alpha value is -1.61. The highest BCUT2D eigenvalue weighted by atomic mass is 16.5. The molecule has 3 heteroatoms.